The second-order valence-electron chi connectivity index (χ2n) is 11.9. The second-order valence-corrected chi connectivity index (χ2v) is 13.5. The number of aliphatic hydroxyl groups is 2. The van der Waals surface area contributed by atoms with Crippen LogP contribution >= 0.6 is 0 Å². The number of hydrogen-bond acceptors (Lipinski definition) is 7. The molecule has 0 saturated heterocycles. The summed E-state index contributed by atoms with van der Waals surface area (Å²) in [6.07, 6.45) is 4.93. The van der Waals surface area contributed by atoms with Crippen molar-refractivity contribution in [2.24, 2.45) is 28.6 Å². The van der Waals surface area contributed by atoms with E-state index in [0.29, 0.717) is 19.3 Å². The van der Waals surface area contributed by atoms with Crippen LogP contribution in [0.1, 0.15) is 64.4 Å². The van der Waals surface area contributed by atoms with E-state index in [1.807, 2.05) is 13.8 Å². The maximum Gasteiger partial charge on any atom is 0.297 e. The fraction of sp³-hybridized carbons (Fsp3) is 0.643. The van der Waals surface area contributed by atoms with Crippen molar-refractivity contribution in [3.63, 3.8) is 0 Å². The summed E-state index contributed by atoms with van der Waals surface area (Å²) < 4.78 is 30.4. The minimum Gasteiger partial charge on any atom is -0.393 e. The Labute approximate surface area is 213 Å². The number of aliphatic hydroxyl groups excluding tert-OH is 1. The van der Waals surface area contributed by atoms with Crippen LogP contribution in [0.2, 0.25) is 0 Å². The number of carbonyl (C=O) groups is 2. The quantitative estimate of drug-likeness (QED) is 0.575. The molecular weight excluding hydrogens is 480 g/mol. The standard InChI is InChI=1S/C28H36O7S/c1-17-4-7-20(8-5-17)36(33,34)35-16-24(31)28(32)13-11-22-21-9-6-18-14-19(29)10-12-26(18,2)25(21)23(30)15-27(22,28)3/h4-5,7-8,14,21-23,25,30,32H,6,9-13,15-16H2,1-3H3/t21-,22-,23+,25+,26-,27-,28-/m0/s1. The molecular formula is C28H36O7S. The zero-order valence-electron chi connectivity index (χ0n) is 21.2. The van der Waals surface area contributed by atoms with E-state index in [1.54, 1.807) is 18.2 Å². The Balaban J connectivity index is 1.37. The van der Waals surface area contributed by atoms with E-state index in [9.17, 15) is 28.2 Å². The molecule has 3 saturated carbocycles. The maximum absolute atomic E-state index is 13.4. The Bertz CT molecular complexity index is 1220. The molecule has 8 heteroatoms. The third kappa shape index (κ3) is 3.75. The molecule has 2 N–H and O–H groups in total. The molecule has 1 aromatic rings. The summed E-state index contributed by atoms with van der Waals surface area (Å²) in [5.41, 5.74) is -0.887. The predicted molar refractivity (Wildman–Crippen MR) is 132 cm³/mol. The van der Waals surface area contributed by atoms with E-state index in [2.05, 4.69) is 6.92 Å². The summed E-state index contributed by atoms with van der Waals surface area (Å²) in [7, 11) is -4.15. The minimum atomic E-state index is -4.15. The normalized spacial score (nSPS) is 40.1. The number of hydrogen-bond donors (Lipinski definition) is 2. The third-order valence-electron chi connectivity index (χ3n) is 10.2. The van der Waals surface area contributed by atoms with E-state index in [-0.39, 0.29) is 46.7 Å². The van der Waals surface area contributed by atoms with Gasteiger partial charge in [-0.2, -0.15) is 8.42 Å². The number of allylic oxidation sites excluding steroid dienone is 1. The molecule has 0 heterocycles. The van der Waals surface area contributed by atoms with Crippen molar-refractivity contribution in [2.45, 2.75) is 82.3 Å². The average Bonchev–Trinajstić information content (AvgIpc) is 3.09. The molecule has 0 spiro atoms. The Morgan fingerprint density at radius 3 is 2.50 bits per heavy atom. The molecule has 7 atom stereocenters. The average molecular weight is 517 g/mol. The van der Waals surface area contributed by atoms with Crippen molar-refractivity contribution < 1.29 is 32.4 Å². The van der Waals surface area contributed by atoms with Gasteiger partial charge in [0, 0.05) is 11.8 Å². The second kappa shape index (κ2) is 8.58. The summed E-state index contributed by atoms with van der Waals surface area (Å²) >= 11 is 0. The number of rotatable bonds is 5. The largest absolute Gasteiger partial charge is 0.393 e. The van der Waals surface area contributed by atoms with Gasteiger partial charge in [0.05, 0.1) is 11.0 Å². The first kappa shape index (κ1) is 25.8. The minimum absolute atomic E-state index is 0.0181. The van der Waals surface area contributed by atoms with Gasteiger partial charge in [-0.05, 0) is 86.8 Å². The molecule has 0 aliphatic heterocycles. The van der Waals surface area contributed by atoms with E-state index in [4.69, 9.17) is 4.18 Å². The first-order chi connectivity index (χ1) is 16.8. The van der Waals surface area contributed by atoms with Crippen molar-refractivity contribution in [1.82, 2.24) is 0 Å². The van der Waals surface area contributed by atoms with Crippen LogP contribution in [0.3, 0.4) is 0 Å². The molecule has 36 heavy (non-hydrogen) atoms. The van der Waals surface area contributed by atoms with E-state index in [1.165, 1.54) is 12.1 Å². The highest BCUT2D eigenvalue weighted by Crippen LogP contribution is 2.67. The van der Waals surface area contributed by atoms with Gasteiger partial charge in [-0.25, -0.2) is 0 Å². The van der Waals surface area contributed by atoms with Crippen LogP contribution in [-0.2, 0) is 23.9 Å². The fourth-order valence-corrected chi connectivity index (χ4v) is 9.04. The monoisotopic (exact) mass is 516 g/mol. The lowest BCUT2D eigenvalue weighted by molar-refractivity contribution is -0.181. The maximum atomic E-state index is 13.4. The number of carbonyl (C=O) groups excluding carboxylic acids is 2. The first-order valence-corrected chi connectivity index (χ1v) is 14.4. The van der Waals surface area contributed by atoms with Crippen LogP contribution in [0.15, 0.2) is 40.8 Å². The summed E-state index contributed by atoms with van der Waals surface area (Å²) in [5.74, 6) is -0.394. The lowest BCUT2D eigenvalue weighted by Gasteiger charge is -2.60. The molecule has 196 valence electrons. The van der Waals surface area contributed by atoms with Gasteiger partial charge in [-0.15, -0.1) is 0 Å². The number of ketones is 2. The van der Waals surface area contributed by atoms with Gasteiger partial charge in [-0.3, -0.25) is 13.8 Å². The summed E-state index contributed by atoms with van der Waals surface area (Å²) in [4.78, 5) is 25.4. The smallest absolute Gasteiger partial charge is 0.297 e. The molecule has 4 aliphatic rings. The highest BCUT2D eigenvalue weighted by molar-refractivity contribution is 7.86. The summed E-state index contributed by atoms with van der Waals surface area (Å²) in [6.45, 7) is 5.12. The van der Waals surface area contributed by atoms with Gasteiger partial charge in [0.1, 0.15) is 12.2 Å². The number of aryl methyl sites for hydroxylation is 1. The highest BCUT2D eigenvalue weighted by atomic mass is 32.2. The van der Waals surface area contributed by atoms with Gasteiger partial charge in [0.25, 0.3) is 10.1 Å². The molecule has 0 unspecified atom stereocenters. The van der Waals surface area contributed by atoms with Crippen LogP contribution in [0.25, 0.3) is 0 Å². The van der Waals surface area contributed by atoms with E-state index >= 15 is 0 Å². The van der Waals surface area contributed by atoms with Crippen LogP contribution in [0.4, 0.5) is 0 Å². The Hall–Kier alpha value is -1.87. The fourth-order valence-electron chi connectivity index (χ4n) is 8.17. The van der Waals surface area contributed by atoms with Crippen molar-refractivity contribution in [1.29, 1.82) is 0 Å². The van der Waals surface area contributed by atoms with Crippen molar-refractivity contribution >= 4 is 21.7 Å². The molecule has 5 rings (SSSR count). The van der Waals surface area contributed by atoms with Crippen LogP contribution in [0, 0.1) is 35.5 Å². The Morgan fingerprint density at radius 2 is 1.81 bits per heavy atom. The Morgan fingerprint density at radius 1 is 1.11 bits per heavy atom. The van der Waals surface area contributed by atoms with E-state index in [0.717, 1.165) is 24.0 Å². The molecule has 0 bridgehead atoms. The first-order valence-electron chi connectivity index (χ1n) is 13.0. The molecule has 3 fully saturated rings. The summed E-state index contributed by atoms with van der Waals surface area (Å²) in [6, 6.07) is 6.17. The molecule has 7 nitrogen and oxygen atoms in total. The summed E-state index contributed by atoms with van der Waals surface area (Å²) in [5, 5.41) is 23.2. The van der Waals surface area contributed by atoms with Crippen LogP contribution in [0.5, 0.6) is 0 Å². The zero-order valence-corrected chi connectivity index (χ0v) is 22.0. The lowest BCUT2D eigenvalue weighted by atomic mass is 9.45. The number of benzene rings is 1. The topological polar surface area (TPSA) is 118 Å². The van der Waals surface area contributed by atoms with Crippen molar-refractivity contribution in [3.05, 3.63) is 41.5 Å². The van der Waals surface area contributed by atoms with E-state index < -0.39 is 39.6 Å². The highest BCUT2D eigenvalue weighted by Gasteiger charge is 2.68. The van der Waals surface area contributed by atoms with Gasteiger partial charge in [0.15, 0.2) is 11.6 Å². The molecule has 4 aliphatic carbocycles. The lowest BCUT2D eigenvalue weighted by Crippen LogP contribution is -2.62. The predicted octanol–water partition coefficient (Wildman–Crippen LogP) is 3.50. The number of Topliss-reactive ketones (excluding diaryl/α,β-unsaturated/α-hetero) is 1. The number of fused-ring (bicyclic) bond motifs is 5. The van der Waals surface area contributed by atoms with Crippen molar-refractivity contribution in [3.8, 4) is 0 Å². The van der Waals surface area contributed by atoms with Gasteiger partial charge in [0.2, 0.25) is 0 Å². The van der Waals surface area contributed by atoms with Crippen LogP contribution < -0.4 is 0 Å². The van der Waals surface area contributed by atoms with Crippen LogP contribution in [-0.4, -0.2) is 48.5 Å². The zero-order chi connectivity index (χ0) is 26.1. The SMILES string of the molecule is Cc1ccc(S(=O)(=O)OCC(=O)[C@@]2(O)CC[C@H]3[C@@H]4CCC5=CC(=O)CC[C@]5(C)[C@H]4[C@H](O)C[C@@]32C)cc1. The molecule has 1 aromatic carbocycles. The molecule has 0 amide bonds. The van der Waals surface area contributed by atoms with Crippen molar-refractivity contribution in [2.75, 3.05) is 6.61 Å². The molecule has 0 aromatic heterocycles. The third-order valence-corrected chi connectivity index (χ3v) is 11.4. The Kier molecular flexibility index (Phi) is 6.14. The van der Waals surface area contributed by atoms with Gasteiger partial charge in [-0.1, -0.05) is 37.1 Å². The molecule has 0 radical (unpaired) electrons. The van der Waals surface area contributed by atoms with Gasteiger partial charge >= 0.3 is 0 Å². The van der Waals surface area contributed by atoms with Gasteiger partial charge < -0.3 is 10.2 Å².